The highest BCUT2D eigenvalue weighted by Gasteiger charge is 2.20. The van der Waals surface area contributed by atoms with E-state index in [-0.39, 0.29) is 6.04 Å². The minimum absolute atomic E-state index is 0.183. The van der Waals surface area contributed by atoms with Crippen LogP contribution in [0, 0.1) is 0 Å². The van der Waals surface area contributed by atoms with E-state index < -0.39 is 0 Å². The van der Waals surface area contributed by atoms with Crippen molar-refractivity contribution in [2.24, 2.45) is 5.73 Å². The largest absolute Gasteiger partial charge is 0.326 e. The van der Waals surface area contributed by atoms with Crippen LogP contribution in [0.2, 0.25) is 0 Å². The molecule has 2 aromatic rings. The van der Waals surface area contributed by atoms with Gasteiger partial charge in [0.15, 0.2) is 0 Å². The van der Waals surface area contributed by atoms with Crippen LogP contribution < -0.4 is 5.73 Å². The highest BCUT2D eigenvalue weighted by molar-refractivity contribution is 7.99. The molecule has 2 nitrogen and oxygen atoms in total. The fraction of sp³-hybridized carbons (Fsp3) is 0.308. The summed E-state index contributed by atoms with van der Waals surface area (Å²) in [6.45, 7) is 2.14. The summed E-state index contributed by atoms with van der Waals surface area (Å²) in [6.07, 6.45) is 4.63. The van der Waals surface area contributed by atoms with Gasteiger partial charge in [-0.2, -0.15) is 11.3 Å². The van der Waals surface area contributed by atoms with Crippen LogP contribution in [-0.4, -0.2) is 11.0 Å². The van der Waals surface area contributed by atoms with Crippen molar-refractivity contribution in [1.82, 2.24) is 4.98 Å². The summed E-state index contributed by atoms with van der Waals surface area (Å²) in [5, 5.41) is 4.63. The Morgan fingerprint density at radius 2 is 2.12 bits per heavy atom. The van der Waals surface area contributed by atoms with Crippen molar-refractivity contribution < 1.29 is 0 Å². The first-order chi connectivity index (χ1) is 8.31. The Kier molecular flexibility index (Phi) is 4.59. The maximum Gasteiger partial charge on any atom is 0.0503 e. The van der Waals surface area contributed by atoms with E-state index in [1.54, 1.807) is 11.3 Å². The quantitative estimate of drug-likeness (QED) is 0.837. The van der Waals surface area contributed by atoms with Crippen molar-refractivity contribution in [3.63, 3.8) is 0 Å². The molecule has 17 heavy (non-hydrogen) atoms. The van der Waals surface area contributed by atoms with Gasteiger partial charge in [0.05, 0.1) is 5.25 Å². The Balaban J connectivity index is 2.17. The number of thiophene rings is 1. The predicted octanol–water partition coefficient (Wildman–Crippen LogP) is 3.71. The summed E-state index contributed by atoms with van der Waals surface area (Å²) in [7, 11) is 0. The first-order valence-corrected chi connectivity index (χ1v) is 7.48. The van der Waals surface area contributed by atoms with Gasteiger partial charge in [-0.25, -0.2) is 0 Å². The Hall–Kier alpha value is -0.840. The molecule has 2 N–H and O–H groups in total. The second-order valence-corrected chi connectivity index (χ2v) is 5.85. The number of nitrogens with two attached hydrogens (primary N) is 1. The van der Waals surface area contributed by atoms with E-state index in [9.17, 15) is 0 Å². The molecule has 0 aliphatic heterocycles. The standard InChI is InChI=1S/C13H16N2S2/c1-2-12(14)13(10-5-8-16-9-10)17-11-3-6-15-7-4-11/h3-9,12-13H,2,14H2,1H3. The number of rotatable bonds is 5. The number of pyridine rings is 1. The lowest BCUT2D eigenvalue weighted by Crippen LogP contribution is -2.25. The number of nitrogens with zero attached hydrogens (tertiary/aromatic N) is 1. The zero-order chi connectivity index (χ0) is 12.1. The van der Waals surface area contributed by atoms with Crippen molar-refractivity contribution in [3.05, 3.63) is 46.9 Å². The first kappa shape index (κ1) is 12.6. The lowest BCUT2D eigenvalue weighted by Gasteiger charge is -2.21. The molecular formula is C13H16N2S2. The van der Waals surface area contributed by atoms with Gasteiger partial charge in [0.25, 0.3) is 0 Å². The molecule has 4 heteroatoms. The summed E-state index contributed by atoms with van der Waals surface area (Å²) in [5.74, 6) is 0. The third-order valence-corrected chi connectivity index (χ3v) is 4.77. The molecule has 2 unspecified atom stereocenters. The van der Waals surface area contributed by atoms with Gasteiger partial charge < -0.3 is 5.73 Å². The zero-order valence-corrected chi connectivity index (χ0v) is 11.4. The van der Waals surface area contributed by atoms with Gasteiger partial charge in [0.2, 0.25) is 0 Å². The van der Waals surface area contributed by atoms with Crippen LogP contribution in [0.5, 0.6) is 0 Å². The topological polar surface area (TPSA) is 38.9 Å². The molecule has 0 amide bonds. The summed E-state index contributed by atoms with van der Waals surface area (Å²) < 4.78 is 0. The molecule has 90 valence electrons. The van der Waals surface area contributed by atoms with E-state index in [0.717, 1.165) is 6.42 Å². The van der Waals surface area contributed by atoms with E-state index in [2.05, 4.69) is 28.7 Å². The molecule has 0 aliphatic carbocycles. The molecular weight excluding hydrogens is 248 g/mol. The van der Waals surface area contributed by atoms with Crippen molar-refractivity contribution >= 4 is 23.1 Å². The van der Waals surface area contributed by atoms with Gasteiger partial charge in [-0.3, -0.25) is 4.98 Å². The summed E-state index contributed by atoms with van der Waals surface area (Å²) in [4.78, 5) is 5.26. The summed E-state index contributed by atoms with van der Waals surface area (Å²) in [5.41, 5.74) is 7.55. The van der Waals surface area contributed by atoms with Gasteiger partial charge >= 0.3 is 0 Å². The average molecular weight is 264 g/mol. The predicted molar refractivity (Wildman–Crippen MR) is 75.4 cm³/mol. The minimum atomic E-state index is 0.183. The normalized spacial score (nSPS) is 14.5. The molecule has 0 aliphatic rings. The maximum atomic E-state index is 6.22. The lowest BCUT2D eigenvalue weighted by molar-refractivity contribution is 0.635. The SMILES string of the molecule is CCC(N)C(Sc1ccncc1)c1ccsc1. The Morgan fingerprint density at radius 1 is 1.35 bits per heavy atom. The third-order valence-electron chi connectivity index (χ3n) is 2.64. The molecule has 2 rings (SSSR count). The van der Waals surface area contributed by atoms with Crippen LogP contribution in [0.4, 0.5) is 0 Å². The monoisotopic (exact) mass is 264 g/mol. The highest BCUT2D eigenvalue weighted by atomic mass is 32.2. The molecule has 2 heterocycles. The molecule has 0 radical (unpaired) electrons. The van der Waals surface area contributed by atoms with Crippen molar-refractivity contribution in [1.29, 1.82) is 0 Å². The zero-order valence-electron chi connectivity index (χ0n) is 9.74. The van der Waals surface area contributed by atoms with Crippen LogP contribution in [0.1, 0.15) is 24.2 Å². The molecule has 2 atom stereocenters. The van der Waals surface area contributed by atoms with Crippen molar-refractivity contribution in [3.8, 4) is 0 Å². The van der Waals surface area contributed by atoms with Crippen LogP contribution in [0.3, 0.4) is 0 Å². The smallest absolute Gasteiger partial charge is 0.0503 e. The fourth-order valence-corrected chi connectivity index (χ4v) is 3.62. The molecule has 2 aromatic heterocycles. The second-order valence-electron chi connectivity index (χ2n) is 3.85. The van der Waals surface area contributed by atoms with E-state index >= 15 is 0 Å². The Bertz CT molecular complexity index is 428. The van der Waals surface area contributed by atoms with Crippen LogP contribution in [0.15, 0.2) is 46.2 Å². The van der Waals surface area contributed by atoms with E-state index in [0.29, 0.717) is 5.25 Å². The van der Waals surface area contributed by atoms with Gasteiger partial charge in [-0.1, -0.05) is 6.92 Å². The molecule has 0 saturated heterocycles. The summed E-state index contributed by atoms with van der Waals surface area (Å²) >= 11 is 3.55. The van der Waals surface area contributed by atoms with Crippen LogP contribution >= 0.6 is 23.1 Å². The van der Waals surface area contributed by atoms with Crippen LogP contribution in [0.25, 0.3) is 0 Å². The van der Waals surface area contributed by atoms with Crippen LogP contribution in [-0.2, 0) is 0 Å². The maximum absolute atomic E-state index is 6.22. The summed E-state index contributed by atoms with van der Waals surface area (Å²) in [6, 6.07) is 6.42. The molecule has 0 spiro atoms. The molecule has 0 fully saturated rings. The van der Waals surface area contributed by atoms with Crippen molar-refractivity contribution in [2.75, 3.05) is 0 Å². The average Bonchev–Trinajstić information content (AvgIpc) is 2.90. The Labute approximate surface area is 110 Å². The number of hydrogen-bond acceptors (Lipinski definition) is 4. The number of hydrogen-bond donors (Lipinski definition) is 1. The van der Waals surface area contributed by atoms with E-state index in [4.69, 9.17) is 5.73 Å². The van der Waals surface area contributed by atoms with E-state index in [1.165, 1.54) is 10.5 Å². The molecule has 0 bridgehead atoms. The number of thioether (sulfide) groups is 1. The van der Waals surface area contributed by atoms with Gasteiger partial charge in [0, 0.05) is 23.3 Å². The molecule has 0 aromatic carbocycles. The van der Waals surface area contributed by atoms with Crippen molar-refractivity contribution in [2.45, 2.75) is 29.5 Å². The van der Waals surface area contributed by atoms with Gasteiger partial charge in [-0.15, -0.1) is 11.8 Å². The highest BCUT2D eigenvalue weighted by Crippen LogP contribution is 2.38. The van der Waals surface area contributed by atoms with Gasteiger partial charge in [0.1, 0.15) is 0 Å². The minimum Gasteiger partial charge on any atom is -0.326 e. The third kappa shape index (κ3) is 3.31. The number of aromatic nitrogens is 1. The van der Waals surface area contributed by atoms with E-state index in [1.807, 2.05) is 36.3 Å². The Morgan fingerprint density at radius 3 is 2.71 bits per heavy atom. The first-order valence-electron chi connectivity index (χ1n) is 5.65. The fourth-order valence-electron chi connectivity index (χ4n) is 1.62. The molecule has 0 saturated carbocycles. The second kappa shape index (κ2) is 6.19. The van der Waals surface area contributed by atoms with Gasteiger partial charge in [-0.05, 0) is 40.9 Å². The lowest BCUT2D eigenvalue weighted by atomic mass is 10.1.